The number of hydrogen-bond donors (Lipinski definition) is 3. The van der Waals surface area contributed by atoms with Gasteiger partial charge in [-0.25, -0.2) is 15.0 Å². The van der Waals surface area contributed by atoms with Crippen molar-refractivity contribution in [2.45, 2.75) is 32.0 Å². The molecule has 0 aromatic carbocycles. The number of aromatic nitrogens is 4. The number of nitrogens with zero attached hydrogens (tertiary/aromatic N) is 4. The number of pyridine rings is 1. The topological polar surface area (TPSA) is 139 Å². The lowest BCUT2D eigenvalue weighted by Gasteiger charge is -2.18. The van der Waals surface area contributed by atoms with Crippen LogP contribution in [0.1, 0.15) is 55.8 Å². The van der Waals surface area contributed by atoms with Crippen molar-refractivity contribution in [3.63, 3.8) is 0 Å². The van der Waals surface area contributed by atoms with Gasteiger partial charge < -0.3 is 16.0 Å². The zero-order valence-corrected chi connectivity index (χ0v) is 18.3. The Morgan fingerprint density at radius 1 is 1.15 bits per heavy atom. The predicted octanol–water partition coefficient (Wildman–Crippen LogP) is 2.97. The van der Waals surface area contributed by atoms with E-state index in [1.807, 2.05) is 0 Å². The Balaban J connectivity index is 1.43. The first-order valence-electron chi connectivity index (χ1n) is 9.86. The molecule has 4 heterocycles. The van der Waals surface area contributed by atoms with E-state index < -0.39 is 29.7 Å². The summed E-state index contributed by atoms with van der Waals surface area (Å²) in [5.41, 5.74) is -0.534. The highest BCUT2D eigenvalue weighted by Gasteiger charge is 2.32. The number of carbonyl (C=O) groups is 3. The number of alkyl halides is 3. The lowest BCUT2D eigenvalue weighted by molar-refractivity contribution is -0.141. The molecule has 4 rings (SSSR count). The number of hydrogen-bond acceptors (Lipinski definition) is 8. The van der Waals surface area contributed by atoms with Crippen molar-refractivity contribution in [3.8, 4) is 0 Å². The molecule has 3 aromatic rings. The predicted molar refractivity (Wildman–Crippen MR) is 114 cm³/mol. The van der Waals surface area contributed by atoms with Crippen molar-refractivity contribution in [2.75, 3.05) is 10.6 Å². The van der Waals surface area contributed by atoms with Crippen molar-refractivity contribution in [2.24, 2.45) is 0 Å². The monoisotopic (exact) mass is 491 g/mol. The van der Waals surface area contributed by atoms with Gasteiger partial charge in [-0.2, -0.15) is 13.2 Å². The number of fused-ring (bicyclic) bond motifs is 1. The molecule has 3 amide bonds. The molecule has 0 saturated heterocycles. The van der Waals surface area contributed by atoms with Crippen LogP contribution >= 0.6 is 11.3 Å². The normalized spacial score (nSPS) is 14.1. The minimum atomic E-state index is -4.64. The third-order valence-corrected chi connectivity index (χ3v) is 5.97. The molecule has 0 spiro atoms. The molecule has 0 unspecified atom stereocenters. The smallest absolute Gasteiger partial charge is 0.342 e. The molecular weight excluding hydrogens is 475 g/mol. The maximum atomic E-state index is 12.8. The van der Waals surface area contributed by atoms with Gasteiger partial charge in [0.1, 0.15) is 33.4 Å². The molecule has 1 aliphatic heterocycles. The molecule has 3 aromatic heterocycles. The Hall–Kier alpha value is -3.94. The molecule has 0 aliphatic carbocycles. The fourth-order valence-corrected chi connectivity index (χ4v) is 3.98. The molecule has 0 fully saturated rings. The van der Waals surface area contributed by atoms with Crippen LogP contribution in [-0.4, -0.2) is 37.7 Å². The maximum Gasteiger partial charge on any atom is 0.433 e. The average Bonchev–Trinajstić information content (AvgIpc) is 3.29. The number of anilines is 2. The lowest BCUT2D eigenvalue weighted by atomic mass is 10.0. The van der Waals surface area contributed by atoms with Crippen molar-refractivity contribution in [1.82, 2.24) is 25.3 Å². The lowest BCUT2D eigenvalue weighted by Crippen LogP contribution is -2.30. The zero-order valence-electron chi connectivity index (χ0n) is 17.4. The SMILES string of the molecule is C[C@@H](NC(=O)c1ncnc2c1CCC(=O)N2)c1ncc(C(=O)Nc2ccnc(C(F)(F)F)c2)s1. The van der Waals surface area contributed by atoms with Gasteiger partial charge in [-0.15, -0.1) is 11.3 Å². The third-order valence-electron chi connectivity index (χ3n) is 4.79. The molecule has 3 N–H and O–H groups in total. The van der Waals surface area contributed by atoms with Gasteiger partial charge in [-0.3, -0.25) is 19.4 Å². The molecular formula is C20H16F3N7O3S. The summed E-state index contributed by atoms with van der Waals surface area (Å²) in [5, 5.41) is 8.12. The molecule has 0 saturated carbocycles. The summed E-state index contributed by atoms with van der Waals surface area (Å²) in [7, 11) is 0. The van der Waals surface area contributed by atoms with Crippen LogP contribution in [0.25, 0.3) is 0 Å². The minimum absolute atomic E-state index is 0.0655. The van der Waals surface area contributed by atoms with E-state index in [2.05, 4.69) is 35.9 Å². The summed E-state index contributed by atoms with van der Waals surface area (Å²) >= 11 is 0.979. The van der Waals surface area contributed by atoms with E-state index in [0.29, 0.717) is 22.8 Å². The van der Waals surface area contributed by atoms with E-state index in [0.717, 1.165) is 23.6 Å². The van der Waals surface area contributed by atoms with Crippen LogP contribution in [0.5, 0.6) is 0 Å². The van der Waals surface area contributed by atoms with Gasteiger partial charge in [0.2, 0.25) is 5.91 Å². The van der Waals surface area contributed by atoms with Gasteiger partial charge >= 0.3 is 6.18 Å². The Bertz CT molecular complexity index is 1280. The Kier molecular flexibility index (Phi) is 6.24. The van der Waals surface area contributed by atoms with Crippen LogP contribution in [0.4, 0.5) is 24.7 Å². The highest BCUT2D eigenvalue weighted by molar-refractivity contribution is 7.13. The summed E-state index contributed by atoms with van der Waals surface area (Å²) in [6.45, 7) is 1.66. The van der Waals surface area contributed by atoms with E-state index in [9.17, 15) is 27.6 Å². The number of carbonyl (C=O) groups excluding carboxylic acids is 3. The Labute approximate surface area is 194 Å². The van der Waals surface area contributed by atoms with Crippen molar-refractivity contribution in [3.05, 3.63) is 57.7 Å². The highest BCUT2D eigenvalue weighted by Crippen LogP contribution is 2.29. The largest absolute Gasteiger partial charge is 0.433 e. The fraction of sp³-hybridized carbons (Fsp3) is 0.250. The van der Waals surface area contributed by atoms with Crippen LogP contribution in [0.3, 0.4) is 0 Å². The van der Waals surface area contributed by atoms with E-state index in [-0.39, 0.29) is 28.6 Å². The number of amides is 3. The van der Waals surface area contributed by atoms with Gasteiger partial charge in [0.05, 0.1) is 12.2 Å². The summed E-state index contributed by atoms with van der Waals surface area (Å²) in [5.74, 6) is -1.05. The first kappa shape index (κ1) is 23.2. The summed E-state index contributed by atoms with van der Waals surface area (Å²) < 4.78 is 38.4. The first-order valence-corrected chi connectivity index (χ1v) is 10.7. The van der Waals surface area contributed by atoms with Crippen molar-refractivity contribution < 1.29 is 27.6 Å². The summed E-state index contributed by atoms with van der Waals surface area (Å²) in [6, 6.07) is 1.37. The van der Waals surface area contributed by atoms with Gasteiger partial charge in [-0.05, 0) is 25.5 Å². The van der Waals surface area contributed by atoms with Crippen LogP contribution in [0, 0.1) is 0 Å². The summed E-state index contributed by atoms with van der Waals surface area (Å²) in [4.78, 5) is 52.3. The number of rotatable bonds is 5. The van der Waals surface area contributed by atoms with Gasteiger partial charge in [0.15, 0.2) is 0 Å². The number of nitrogens with one attached hydrogen (secondary N) is 3. The zero-order chi connectivity index (χ0) is 24.5. The second-order valence-electron chi connectivity index (χ2n) is 7.24. The average molecular weight is 491 g/mol. The highest BCUT2D eigenvalue weighted by atomic mass is 32.1. The van der Waals surface area contributed by atoms with E-state index in [1.165, 1.54) is 18.6 Å². The second-order valence-corrected chi connectivity index (χ2v) is 8.30. The molecule has 10 nitrogen and oxygen atoms in total. The molecule has 1 aliphatic rings. The minimum Gasteiger partial charge on any atom is -0.342 e. The molecule has 0 radical (unpaired) electrons. The van der Waals surface area contributed by atoms with Crippen LogP contribution < -0.4 is 16.0 Å². The van der Waals surface area contributed by atoms with Crippen molar-refractivity contribution in [1.29, 1.82) is 0 Å². The Morgan fingerprint density at radius 3 is 2.71 bits per heavy atom. The van der Waals surface area contributed by atoms with E-state index >= 15 is 0 Å². The van der Waals surface area contributed by atoms with Crippen molar-refractivity contribution >= 4 is 40.6 Å². The number of halogens is 3. The fourth-order valence-electron chi connectivity index (χ4n) is 3.16. The van der Waals surface area contributed by atoms with E-state index in [4.69, 9.17) is 0 Å². The molecule has 1 atom stereocenters. The summed E-state index contributed by atoms with van der Waals surface area (Å²) in [6.07, 6.45) is -0.702. The van der Waals surface area contributed by atoms with Gasteiger partial charge in [0, 0.05) is 23.9 Å². The molecule has 34 heavy (non-hydrogen) atoms. The third kappa shape index (κ3) is 5.01. The van der Waals surface area contributed by atoms with Gasteiger partial charge in [-0.1, -0.05) is 0 Å². The quantitative estimate of drug-likeness (QED) is 0.499. The maximum absolute atomic E-state index is 12.8. The van der Waals surface area contributed by atoms with E-state index in [1.54, 1.807) is 6.92 Å². The molecule has 176 valence electrons. The molecule has 0 bridgehead atoms. The first-order chi connectivity index (χ1) is 16.1. The van der Waals surface area contributed by atoms with Crippen LogP contribution in [0.2, 0.25) is 0 Å². The number of thiazole rings is 1. The Morgan fingerprint density at radius 2 is 1.94 bits per heavy atom. The standard InChI is InChI=1S/C20H16F3N7O3S/c1-9(28-18(33)15-11-2-3-14(31)30-16(11)27-8-26-15)19-25-7-12(34-19)17(32)29-10-4-5-24-13(6-10)20(21,22)23/h4-9H,2-3H2,1H3,(H,28,33)(H,24,29,32)(H,26,27,30,31)/t9-/m1/s1. The molecule has 14 heteroatoms. The van der Waals surface area contributed by atoms with Crippen LogP contribution in [-0.2, 0) is 17.4 Å². The van der Waals surface area contributed by atoms with Gasteiger partial charge in [0.25, 0.3) is 11.8 Å². The second kappa shape index (κ2) is 9.13. The van der Waals surface area contributed by atoms with Crippen LogP contribution in [0.15, 0.2) is 30.9 Å².